The predicted molar refractivity (Wildman–Crippen MR) is 389 cm³/mol. The molecule has 0 saturated heterocycles. The van der Waals surface area contributed by atoms with Crippen LogP contribution in [0, 0.1) is 0 Å². The molecule has 0 unspecified atom stereocenters. The van der Waals surface area contributed by atoms with Crippen molar-refractivity contribution in [2.45, 2.75) is 131 Å². The molecule has 0 radical (unpaired) electrons. The summed E-state index contributed by atoms with van der Waals surface area (Å²) < 4.78 is 7.03. The van der Waals surface area contributed by atoms with Crippen molar-refractivity contribution < 1.29 is 4.42 Å². The van der Waals surface area contributed by atoms with Gasteiger partial charge >= 0.3 is 0 Å². The van der Waals surface area contributed by atoms with Crippen LogP contribution in [-0.4, -0.2) is 0 Å². The second-order valence-electron chi connectivity index (χ2n) is 29.8. The molecule has 0 aliphatic rings. The second kappa shape index (κ2) is 23.5. The molecule has 3 nitrogen and oxygen atoms in total. The smallest absolute Gasteiger partial charge is 0.138 e. The number of hydrogen-bond donors (Lipinski definition) is 0. The summed E-state index contributed by atoms with van der Waals surface area (Å²) in [7, 11) is 0. The van der Waals surface area contributed by atoms with Crippen LogP contribution in [0.5, 0.6) is 0 Å². The van der Waals surface area contributed by atoms with Crippen molar-refractivity contribution in [2.24, 2.45) is 0 Å². The van der Waals surface area contributed by atoms with Crippen molar-refractivity contribution in [3.05, 3.63) is 275 Å². The van der Waals surface area contributed by atoms with Crippen LogP contribution in [0.1, 0.15) is 132 Å². The van der Waals surface area contributed by atoms with E-state index >= 15 is 0 Å². The number of furan rings is 1. The van der Waals surface area contributed by atoms with Crippen LogP contribution in [0.15, 0.2) is 247 Å². The van der Waals surface area contributed by atoms with Crippen LogP contribution in [0.25, 0.3) is 77.6 Å². The van der Waals surface area contributed by atoms with Gasteiger partial charge in [0.1, 0.15) is 11.2 Å². The maximum atomic E-state index is 7.30. The van der Waals surface area contributed by atoms with E-state index < -0.39 is 0 Å². The van der Waals surface area contributed by atoms with Gasteiger partial charge in [-0.25, -0.2) is 0 Å². The monoisotopic (exact) mass is 1200 g/mol. The number of halogens is 1. The highest BCUT2D eigenvalue weighted by atomic mass is 35.5. The van der Waals surface area contributed by atoms with Gasteiger partial charge < -0.3 is 14.2 Å². The number of benzene rings is 11. The van der Waals surface area contributed by atoms with Crippen molar-refractivity contribution in [3.8, 4) is 55.6 Å². The van der Waals surface area contributed by atoms with Crippen molar-refractivity contribution in [2.75, 3.05) is 9.80 Å². The molecular formula is C86H85ClN2O. The van der Waals surface area contributed by atoms with Gasteiger partial charge in [0, 0.05) is 44.3 Å². The minimum absolute atomic E-state index is 0.0812. The van der Waals surface area contributed by atoms with Gasteiger partial charge in [-0.05, 0) is 178 Å². The third-order valence-corrected chi connectivity index (χ3v) is 18.0. The lowest BCUT2D eigenvalue weighted by molar-refractivity contribution is 0.568. The van der Waals surface area contributed by atoms with Gasteiger partial charge in [0.25, 0.3) is 0 Å². The fraction of sp³-hybridized carbons (Fsp3) is 0.233. The highest BCUT2D eigenvalue weighted by molar-refractivity contribution is 6.31. The molecule has 90 heavy (non-hydrogen) atoms. The maximum Gasteiger partial charge on any atom is 0.138 e. The zero-order chi connectivity index (χ0) is 63.7. The van der Waals surface area contributed by atoms with Crippen LogP contribution >= 0.6 is 11.6 Å². The van der Waals surface area contributed by atoms with E-state index in [0.29, 0.717) is 5.02 Å². The Morgan fingerprint density at radius 3 is 1.17 bits per heavy atom. The Bertz CT molecular complexity index is 4490. The molecule has 1 heterocycles. The van der Waals surface area contributed by atoms with Crippen molar-refractivity contribution >= 4 is 67.7 Å². The number of nitrogens with zero attached hydrogens (tertiary/aromatic N) is 2. The van der Waals surface area contributed by atoms with Gasteiger partial charge in [-0.15, -0.1) is 0 Å². The Kier molecular flexibility index (Phi) is 16.0. The average Bonchev–Trinajstić information content (AvgIpc) is 1.44. The van der Waals surface area contributed by atoms with Crippen LogP contribution in [0.3, 0.4) is 0 Å². The summed E-state index contributed by atoms with van der Waals surface area (Å²) in [6.45, 7) is 34.8. The second-order valence-corrected chi connectivity index (χ2v) is 30.2. The number of anilines is 6. The van der Waals surface area contributed by atoms with Crippen molar-refractivity contribution in [1.29, 1.82) is 0 Å². The topological polar surface area (TPSA) is 19.6 Å². The van der Waals surface area contributed by atoms with Gasteiger partial charge in [0.15, 0.2) is 0 Å². The van der Waals surface area contributed by atoms with E-state index in [4.69, 9.17) is 16.0 Å². The van der Waals surface area contributed by atoms with E-state index in [2.05, 4.69) is 350 Å². The number of fused-ring (bicyclic) bond motifs is 3. The molecule has 0 spiro atoms. The Balaban J connectivity index is 1.27. The lowest BCUT2D eigenvalue weighted by atomic mass is 9.79. The predicted octanol–water partition coefficient (Wildman–Crippen LogP) is 26.0. The molecule has 1 aromatic heterocycles. The SMILES string of the molecule is CC(C)(C)c1cc(-c2cccc(N(c3cc(-c4cc(C(C)(C)C)cc(C(C)(C)C)c4)cc(N(c4cccc(Cl)c4)c4c(-c5ccccc5)cc(C(C)(C)C)cc4-c4ccccc4)c3)c3cc(-c4ccccc4)cc4oc5ccccc5c34)c2)cc(C(C)(C)C)c1. The Labute approximate surface area is 540 Å². The summed E-state index contributed by atoms with van der Waals surface area (Å²) in [6, 6.07) is 89.9. The quantitative estimate of drug-likeness (QED) is 0.129. The molecule has 0 amide bonds. The Morgan fingerprint density at radius 2 is 0.667 bits per heavy atom. The van der Waals surface area contributed by atoms with Gasteiger partial charge in [-0.3, -0.25) is 0 Å². The molecule has 11 aromatic carbocycles. The molecular weight excluding hydrogens is 1110 g/mol. The van der Waals surface area contributed by atoms with Crippen LogP contribution in [0.4, 0.5) is 34.1 Å². The molecule has 0 saturated carbocycles. The van der Waals surface area contributed by atoms with E-state index in [1.165, 1.54) is 33.4 Å². The van der Waals surface area contributed by atoms with Crippen LogP contribution < -0.4 is 9.80 Å². The lowest BCUT2D eigenvalue weighted by Crippen LogP contribution is -2.18. The molecule has 0 N–H and O–H groups in total. The molecule has 0 aliphatic carbocycles. The largest absolute Gasteiger partial charge is 0.456 e. The fourth-order valence-electron chi connectivity index (χ4n) is 12.4. The summed E-state index contributed by atoms with van der Waals surface area (Å²) in [5.74, 6) is 0. The molecule has 452 valence electrons. The molecule has 12 aromatic rings. The minimum Gasteiger partial charge on any atom is -0.456 e. The molecule has 12 rings (SSSR count). The van der Waals surface area contributed by atoms with Gasteiger partial charge in [-0.1, -0.05) is 279 Å². The summed E-state index contributed by atoms with van der Waals surface area (Å²) in [6.07, 6.45) is 0. The van der Waals surface area contributed by atoms with E-state index in [1.807, 2.05) is 6.07 Å². The zero-order valence-electron chi connectivity index (χ0n) is 55.3. The van der Waals surface area contributed by atoms with Crippen LogP contribution in [-0.2, 0) is 27.1 Å². The molecule has 0 aliphatic heterocycles. The molecule has 4 heteroatoms. The van der Waals surface area contributed by atoms with E-state index in [-0.39, 0.29) is 27.1 Å². The van der Waals surface area contributed by atoms with Gasteiger partial charge in [-0.2, -0.15) is 0 Å². The Hall–Kier alpha value is -8.89. The maximum absolute atomic E-state index is 7.30. The first-order valence-electron chi connectivity index (χ1n) is 31.9. The number of rotatable bonds is 11. The number of hydrogen-bond acceptors (Lipinski definition) is 3. The van der Waals surface area contributed by atoms with E-state index in [9.17, 15) is 0 Å². The first-order chi connectivity index (χ1) is 42.7. The summed E-state index contributed by atoms with van der Waals surface area (Å²) in [4.78, 5) is 5.00. The summed E-state index contributed by atoms with van der Waals surface area (Å²) >= 11 is 7.30. The highest BCUT2D eigenvalue weighted by Crippen LogP contribution is 2.53. The summed E-state index contributed by atoms with van der Waals surface area (Å²) in [5.41, 5.74) is 24.4. The highest BCUT2D eigenvalue weighted by Gasteiger charge is 2.31. The lowest BCUT2D eigenvalue weighted by Gasteiger charge is -2.34. The summed E-state index contributed by atoms with van der Waals surface area (Å²) in [5, 5.41) is 2.71. The number of para-hydroxylation sites is 1. The molecule has 0 atom stereocenters. The Morgan fingerprint density at radius 1 is 0.278 bits per heavy atom. The third kappa shape index (κ3) is 12.6. The average molecular weight is 1200 g/mol. The van der Waals surface area contributed by atoms with E-state index in [0.717, 1.165) is 106 Å². The standard InChI is InChI=1S/C86H85ClN2O/c1-82(2,3)64-41-60(42-65(50-64)83(4,5)6)59-35-27-37-70(45-59)88(77-48-63(56-29-19-16-20-30-56)49-79-80(77)74-39-25-26-40-78(74)90-79)72-46-62(61-43-66(84(7,8)9)51-67(44-61)85(10,11)12)47-73(55-72)89(71-38-28-36-69(87)54-71)81-75(57-31-21-17-22-32-57)52-68(86(13,14)15)53-76(81)58-33-23-18-24-34-58/h16-55H,1-15H3. The molecule has 0 bridgehead atoms. The van der Waals surface area contributed by atoms with Gasteiger partial charge in [0.2, 0.25) is 0 Å². The van der Waals surface area contributed by atoms with Crippen molar-refractivity contribution in [3.63, 3.8) is 0 Å². The third-order valence-electron chi connectivity index (χ3n) is 17.8. The normalized spacial score (nSPS) is 12.4. The zero-order valence-corrected chi connectivity index (χ0v) is 56.0. The molecule has 0 fully saturated rings. The fourth-order valence-corrected chi connectivity index (χ4v) is 12.6. The van der Waals surface area contributed by atoms with Gasteiger partial charge in [0.05, 0.1) is 16.8 Å². The van der Waals surface area contributed by atoms with Crippen LogP contribution in [0.2, 0.25) is 5.02 Å². The first kappa shape index (κ1) is 61.4. The minimum atomic E-state index is -0.184. The first-order valence-corrected chi connectivity index (χ1v) is 32.3. The van der Waals surface area contributed by atoms with E-state index in [1.54, 1.807) is 0 Å². The van der Waals surface area contributed by atoms with Crippen molar-refractivity contribution in [1.82, 2.24) is 0 Å².